The molecule has 0 aliphatic heterocycles. The van der Waals surface area contributed by atoms with Crippen LogP contribution in [0, 0.1) is 11.8 Å². The van der Waals surface area contributed by atoms with Crippen LogP contribution in [0.4, 0.5) is 0 Å². The van der Waals surface area contributed by atoms with Gasteiger partial charge in [0.2, 0.25) is 10.5 Å². The topological polar surface area (TPSA) is 68.3 Å². The van der Waals surface area contributed by atoms with Gasteiger partial charge in [-0.1, -0.05) is 12.1 Å². The van der Waals surface area contributed by atoms with Gasteiger partial charge in [0.15, 0.2) is 0 Å². The highest BCUT2D eigenvalue weighted by atomic mass is 35.5. The zero-order valence-corrected chi connectivity index (χ0v) is 17.6. The van der Waals surface area contributed by atoms with Crippen LogP contribution < -0.4 is 0 Å². The van der Waals surface area contributed by atoms with E-state index in [-0.39, 0.29) is 22.3 Å². The first kappa shape index (κ1) is 22.8. The molecule has 4 nitrogen and oxygen atoms in total. The summed E-state index contributed by atoms with van der Waals surface area (Å²) in [6.07, 6.45) is 2.80. The molecule has 1 saturated carbocycles. The lowest BCUT2D eigenvalue weighted by atomic mass is 9.83. The summed E-state index contributed by atoms with van der Waals surface area (Å²) in [6, 6.07) is 10.0. The molecule has 0 aromatic heterocycles. The summed E-state index contributed by atoms with van der Waals surface area (Å²) < 4.78 is 0. The lowest BCUT2D eigenvalue weighted by molar-refractivity contribution is -0.120. The van der Waals surface area contributed by atoms with E-state index >= 15 is 0 Å². The Morgan fingerprint density at radius 1 is 0.607 bits per heavy atom. The molecule has 3 rings (SSSR count). The van der Waals surface area contributed by atoms with E-state index in [2.05, 4.69) is 0 Å². The molecule has 8 heteroatoms. The summed E-state index contributed by atoms with van der Waals surface area (Å²) in [5.41, 5.74) is 0.859. The minimum atomic E-state index is -0.501. The maximum absolute atomic E-state index is 11.0. The monoisotopic (exact) mass is 460 g/mol. The van der Waals surface area contributed by atoms with E-state index in [0.29, 0.717) is 36.8 Å². The van der Waals surface area contributed by atoms with E-state index in [0.717, 1.165) is 10.8 Å². The number of benzene rings is 2. The second-order valence-corrected chi connectivity index (χ2v) is 7.91. The third-order valence-electron chi connectivity index (χ3n) is 4.66. The van der Waals surface area contributed by atoms with Crippen LogP contribution in [0.3, 0.4) is 0 Å². The van der Waals surface area contributed by atoms with E-state index in [1.807, 2.05) is 0 Å². The highest BCUT2D eigenvalue weighted by Crippen LogP contribution is 2.31. The van der Waals surface area contributed by atoms with Gasteiger partial charge in [-0.25, -0.2) is 0 Å². The molecule has 0 spiro atoms. The normalized spacial score (nSPS) is 18.7. The fourth-order valence-electron chi connectivity index (χ4n) is 3.04. The van der Waals surface area contributed by atoms with Crippen molar-refractivity contribution in [2.24, 2.45) is 11.8 Å². The summed E-state index contributed by atoms with van der Waals surface area (Å²) >= 11 is 21.4. The van der Waals surface area contributed by atoms with Gasteiger partial charge in [0.25, 0.3) is 10.5 Å². The van der Waals surface area contributed by atoms with Gasteiger partial charge in [-0.05, 0) is 107 Å². The van der Waals surface area contributed by atoms with Gasteiger partial charge < -0.3 is 0 Å². The summed E-state index contributed by atoms with van der Waals surface area (Å²) in [4.78, 5) is 43.4. The number of carbonyl (C=O) groups is 4. The predicted molar refractivity (Wildman–Crippen MR) is 111 cm³/mol. The van der Waals surface area contributed by atoms with Crippen molar-refractivity contribution in [1.82, 2.24) is 0 Å². The molecule has 0 N–H and O–H groups in total. The van der Waals surface area contributed by atoms with Crippen LogP contribution in [0.15, 0.2) is 36.4 Å². The Balaban J connectivity index is 0.000000209. The van der Waals surface area contributed by atoms with E-state index in [1.165, 1.54) is 0 Å². The molecule has 148 valence electrons. The van der Waals surface area contributed by atoms with Gasteiger partial charge in [0, 0.05) is 23.0 Å². The second kappa shape index (κ2) is 10.4. The fourth-order valence-corrected chi connectivity index (χ4v) is 3.71. The Bertz CT molecular complexity index is 842. The zero-order valence-electron chi connectivity index (χ0n) is 14.6. The maximum Gasteiger partial charge on any atom is 0.252 e. The van der Waals surface area contributed by atoms with Crippen LogP contribution in [0.1, 0.15) is 46.4 Å². The SMILES string of the molecule is O=C(Cl)C1CCC(C(=O)Cl)CC1.O=C(Cl)c1ccc2cc(C(=O)Cl)ccc2c1. The lowest BCUT2D eigenvalue weighted by Gasteiger charge is -2.23. The van der Waals surface area contributed by atoms with Crippen LogP contribution >= 0.6 is 46.4 Å². The van der Waals surface area contributed by atoms with Crippen molar-refractivity contribution in [3.8, 4) is 0 Å². The van der Waals surface area contributed by atoms with Crippen molar-refractivity contribution < 1.29 is 19.2 Å². The van der Waals surface area contributed by atoms with Gasteiger partial charge in [0.1, 0.15) is 0 Å². The van der Waals surface area contributed by atoms with Gasteiger partial charge in [-0.2, -0.15) is 0 Å². The van der Waals surface area contributed by atoms with Crippen LogP contribution in [-0.2, 0) is 9.59 Å². The van der Waals surface area contributed by atoms with Crippen molar-refractivity contribution in [3.05, 3.63) is 47.5 Å². The molecule has 0 bridgehead atoms. The lowest BCUT2D eigenvalue weighted by Crippen LogP contribution is -2.21. The molecule has 2 aromatic carbocycles. The average Bonchev–Trinajstić information content (AvgIpc) is 2.67. The number of fused-ring (bicyclic) bond motifs is 1. The smallest absolute Gasteiger partial charge is 0.252 e. The van der Waals surface area contributed by atoms with E-state index < -0.39 is 10.5 Å². The third-order valence-corrected chi connectivity index (χ3v) is 5.72. The maximum atomic E-state index is 11.0. The zero-order chi connectivity index (χ0) is 20.8. The molecule has 0 radical (unpaired) electrons. The summed E-state index contributed by atoms with van der Waals surface area (Å²) in [5, 5.41) is 0.117. The molecule has 0 atom stereocenters. The van der Waals surface area contributed by atoms with Crippen molar-refractivity contribution in [3.63, 3.8) is 0 Å². The summed E-state index contributed by atoms with van der Waals surface area (Å²) in [6.45, 7) is 0. The molecule has 1 aliphatic rings. The fraction of sp³-hybridized carbons (Fsp3) is 0.300. The summed E-state index contributed by atoms with van der Waals surface area (Å²) in [5.74, 6) is -0.113. The van der Waals surface area contributed by atoms with Crippen molar-refractivity contribution in [2.75, 3.05) is 0 Å². The van der Waals surface area contributed by atoms with Gasteiger partial charge in [-0.3, -0.25) is 19.2 Å². The average molecular weight is 462 g/mol. The van der Waals surface area contributed by atoms with Gasteiger partial charge in [-0.15, -0.1) is 0 Å². The Kier molecular flexibility index (Phi) is 8.44. The van der Waals surface area contributed by atoms with Crippen molar-refractivity contribution >= 4 is 78.1 Å². The minimum absolute atomic E-state index is 0.0565. The summed E-state index contributed by atoms with van der Waals surface area (Å²) in [7, 11) is 0. The van der Waals surface area contributed by atoms with E-state index in [1.54, 1.807) is 36.4 Å². The Hall–Kier alpha value is -1.46. The number of hydrogen-bond donors (Lipinski definition) is 0. The highest BCUT2D eigenvalue weighted by Gasteiger charge is 2.28. The molecule has 0 unspecified atom stereocenters. The number of hydrogen-bond acceptors (Lipinski definition) is 4. The van der Waals surface area contributed by atoms with Crippen molar-refractivity contribution in [1.29, 1.82) is 0 Å². The quantitative estimate of drug-likeness (QED) is 0.529. The number of halogens is 4. The first-order valence-corrected chi connectivity index (χ1v) is 10.0. The Morgan fingerprint density at radius 3 is 1.18 bits per heavy atom. The van der Waals surface area contributed by atoms with Crippen LogP contribution in [0.2, 0.25) is 0 Å². The number of carbonyl (C=O) groups excluding carboxylic acids is 4. The molecule has 0 heterocycles. The Labute approximate surface area is 182 Å². The molecular formula is C20H16Cl4O4. The Morgan fingerprint density at radius 2 is 0.929 bits per heavy atom. The molecular weight excluding hydrogens is 446 g/mol. The second-order valence-electron chi connectivity index (χ2n) is 6.48. The predicted octanol–water partition coefficient (Wildman–Crippen LogP) is 5.92. The van der Waals surface area contributed by atoms with Gasteiger partial charge >= 0.3 is 0 Å². The first-order chi connectivity index (χ1) is 13.2. The van der Waals surface area contributed by atoms with Gasteiger partial charge in [0.05, 0.1) is 0 Å². The van der Waals surface area contributed by atoms with Crippen molar-refractivity contribution in [2.45, 2.75) is 25.7 Å². The van der Waals surface area contributed by atoms with E-state index in [9.17, 15) is 19.2 Å². The molecule has 2 aromatic rings. The molecule has 0 amide bonds. The van der Waals surface area contributed by atoms with Crippen LogP contribution in [0.25, 0.3) is 10.8 Å². The molecule has 1 fully saturated rings. The first-order valence-electron chi connectivity index (χ1n) is 8.51. The van der Waals surface area contributed by atoms with E-state index in [4.69, 9.17) is 46.4 Å². The van der Waals surface area contributed by atoms with Crippen LogP contribution in [0.5, 0.6) is 0 Å². The highest BCUT2D eigenvalue weighted by molar-refractivity contribution is 6.68. The molecule has 0 saturated heterocycles. The molecule has 28 heavy (non-hydrogen) atoms. The third kappa shape index (κ3) is 6.28. The minimum Gasteiger partial charge on any atom is -0.281 e. The molecule has 1 aliphatic carbocycles. The largest absolute Gasteiger partial charge is 0.281 e. The standard InChI is InChI=1S/C12H6Cl2O2.C8H10Cl2O2/c13-11(15)9-3-1-7-5-10(12(14)16)4-2-8(7)6-9;9-7(11)5-1-2-6(4-3-5)8(10)12/h1-6H;5-6H,1-4H2. The number of rotatable bonds is 4. The van der Waals surface area contributed by atoms with Crippen LogP contribution in [-0.4, -0.2) is 21.0 Å².